The van der Waals surface area contributed by atoms with Gasteiger partial charge in [0.2, 0.25) is 5.91 Å². The highest BCUT2D eigenvalue weighted by atomic mass is 16.6. The fourth-order valence-electron chi connectivity index (χ4n) is 2.97. The van der Waals surface area contributed by atoms with Crippen molar-refractivity contribution in [2.24, 2.45) is 0 Å². The third-order valence-electron chi connectivity index (χ3n) is 4.30. The van der Waals surface area contributed by atoms with Gasteiger partial charge in [-0.3, -0.25) is 14.9 Å². The molecular formula is C16H22N2O3. The molecule has 1 fully saturated rings. The molecule has 2 rings (SSSR count). The van der Waals surface area contributed by atoms with Gasteiger partial charge in [0.15, 0.2) is 0 Å². The number of para-hydroxylation sites is 1. The van der Waals surface area contributed by atoms with Gasteiger partial charge in [0.25, 0.3) is 5.69 Å². The maximum absolute atomic E-state index is 12.4. The quantitative estimate of drug-likeness (QED) is 0.485. The van der Waals surface area contributed by atoms with Gasteiger partial charge < -0.3 is 4.90 Å². The van der Waals surface area contributed by atoms with E-state index in [2.05, 4.69) is 0 Å². The van der Waals surface area contributed by atoms with Crippen LogP contribution in [0.25, 0.3) is 0 Å². The van der Waals surface area contributed by atoms with Crippen molar-refractivity contribution in [1.29, 1.82) is 0 Å². The second kappa shape index (κ2) is 7.20. The van der Waals surface area contributed by atoms with Crippen molar-refractivity contribution in [2.45, 2.75) is 51.0 Å². The molecule has 0 atom stereocenters. The van der Waals surface area contributed by atoms with Crippen LogP contribution in [0.15, 0.2) is 24.3 Å². The highest BCUT2D eigenvalue weighted by Crippen LogP contribution is 2.23. The van der Waals surface area contributed by atoms with Crippen LogP contribution in [-0.4, -0.2) is 28.8 Å². The van der Waals surface area contributed by atoms with Crippen LogP contribution < -0.4 is 0 Å². The third kappa shape index (κ3) is 4.03. The second-order valence-corrected chi connectivity index (χ2v) is 5.71. The van der Waals surface area contributed by atoms with Crippen molar-refractivity contribution in [3.63, 3.8) is 0 Å². The van der Waals surface area contributed by atoms with E-state index in [1.54, 1.807) is 23.1 Å². The fourth-order valence-corrected chi connectivity index (χ4v) is 2.97. The molecule has 0 saturated heterocycles. The Labute approximate surface area is 125 Å². The van der Waals surface area contributed by atoms with E-state index in [1.165, 1.54) is 18.9 Å². The van der Waals surface area contributed by atoms with Crippen molar-refractivity contribution in [2.75, 3.05) is 7.05 Å². The van der Waals surface area contributed by atoms with Crippen molar-refractivity contribution in [3.8, 4) is 0 Å². The molecule has 1 saturated carbocycles. The Kier molecular flexibility index (Phi) is 5.31. The van der Waals surface area contributed by atoms with Crippen molar-refractivity contribution < 1.29 is 9.72 Å². The Morgan fingerprint density at radius 3 is 2.48 bits per heavy atom. The molecule has 0 spiro atoms. The van der Waals surface area contributed by atoms with Gasteiger partial charge in [-0.05, 0) is 12.8 Å². The Hall–Kier alpha value is -1.91. The summed E-state index contributed by atoms with van der Waals surface area (Å²) in [6.45, 7) is 0. The number of likely N-dealkylation sites (N-methyl/N-ethyl adjacent to an activating group) is 1. The summed E-state index contributed by atoms with van der Waals surface area (Å²) in [6, 6.07) is 6.76. The second-order valence-electron chi connectivity index (χ2n) is 5.71. The van der Waals surface area contributed by atoms with Gasteiger partial charge in [0.1, 0.15) is 0 Å². The molecule has 1 aliphatic carbocycles. The number of rotatable bonds is 4. The summed E-state index contributed by atoms with van der Waals surface area (Å²) in [7, 11) is 1.83. The molecule has 1 aliphatic rings. The van der Waals surface area contributed by atoms with Crippen molar-refractivity contribution >= 4 is 11.6 Å². The predicted molar refractivity (Wildman–Crippen MR) is 81.1 cm³/mol. The Balaban J connectivity index is 2.05. The van der Waals surface area contributed by atoms with Gasteiger partial charge in [-0.1, -0.05) is 43.9 Å². The number of nitro groups is 1. The van der Waals surface area contributed by atoms with Gasteiger partial charge in [-0.15, -0.1) is 0 Å². The molecule has 1 aromatic carbocycles. The van der Waals surface area contributed by atoms with Gasteiger partial charge >= 0.3 is 0 Å². The topological polar surface area (TPSA) is 63.5 Å². The minimum Gasteiger partial charge on any atom is -0.342 e. The number of carbonyl (C=O) groups is 1. The number of nitro benzene ring substituents is 1. The van der Waals surface area contributed by atoms with Gasteiger partial charge in [-0.2, -0.15) is 0 Å². The fraction of sp³-hybridized carbons (Fsp3) is 0.562. The van der Waals surface area contributed by atoms with E-state index in [0.717, 1.165) is 25.7 Å². The van der Waals surface area contributed by atoms with Crippen molar-refractivity contribution in [1.82, 2.24) is 4.90 Å². The van der Waals surface area contributed by atoms with Gasteiger partial charge in [-0.25, -0.2) is 0 Å². The zero-order chi connectivity index (χ0) is 15.2. The molecule has 0 heterocycles. The summed E-state index contributed by atoms with van der Waals surface area (Å²) >= 11 is 0. The number of carbonyl (C=O) groups excluding carboxylic acids is 1. The maximum Gasteiger partial charge on any atom is 0.273 e. The van der Waals surface area contributed by atoms with E-state index in [9.17, 15) is 14.9 Å². The number of benzene rings is 1. The molecular weight excluding hydrogens is 268 g/mol. The van der Waals surface area contributed by atoms with Crippen LogP contribution in [0.1, 0.15) is 44.1 Å². The summed E-state index contributed by atoms with van der Waals surface area (Å²) < 4.78 is 0. The lowest BCUT2D eigenvalue weighted by Gasteiger charge is -2.27. The summed E-state index contributed by atoms with van der Waals surface area (Å²) in [6.07, 6.45) is 6.98. The summed E-state index contributed by atoms with van der Waals surface area (Å²) in [5.41, 5.74) is 0.521. The molecule has 1 amide bonds. The van der Waals surface area contributed by atoms with Crippen LogP contribution in [0.5, 0.6) is 0 Å². The largest absolute Gasteiger partial charge is 0.342 e. The van der Waals surface area contributed by atoms with Crippen LogP contribution in [-0.2, 0) is 11.2 Å². The van der Waals surface area contributed by atoms with E-state index in [1.807, 2.05) is 7.05 Å². The lowest BCUT2D eigenvalue weighted by molar-refractivity contribution is -0.385. The lowest BCUT2D eigenvalue weighted by Crippen LogP contribution is -2.37. The minimum absolute atomic E-state index is 0.0279. The molecule has 0 aromatic heterocycles. The maximum atomic E-state index is 12.4. The SMILES string of the molecule is CN(C(=O)Cc1ccccc1[N+](=O)[O-])C1CCCCCC1. The standard InChI is InChI=1S/C16H22N2O3/c1-17(14-9-4-2-3-5-10-14)16(19)12-13-8-6-7-11-15(13)18(20)21/h6-8,11,14H,2-5,9-10,12H2,1H3. The summed E-state index contributed by atoms with van der Waals surface area (Å²) in [4.78, 5) is 24.8. The number of nitrogens with zero attached hydrogens (tertiary/aromatic N) is 2. The first kappa shape index (κ1) is 15.5. The van der Waals surface area contributed by atoms with E-state index in [4.69, 9.17) is 0 Å². The summed E-state index contributed by atoms with van der Waals surface area (Å²) in [5, 5.41) is 11.0. The normalized spacial score (nSPS) is 16.2. The van der Waals surface area contributed by atoms with Crippen LogP contribution in [0.4, 0.5) is 5.69 Å². The van der Waals surface area contributed by atoms with E-state index >= 15 is 0 Å². The molecule has 21 heavy (non-hydrogen) atoms. The molecule has 0 aliphatic heterocycles. The van der Waals surface area contributed by atoms with E-state index in [0.29, 0.717) is 5.56 Å². The first-order valence-electron chi connectivity index (χ1n) is 7.57. The first-order valence-corrected chi connectivity index (χ1v) is 7.57. The zero-order valence-electron chi connectivity index (χ0n) is 12.5. The predicted octanol–water partition coefficient (Wildman–Crippen LogP) is 3.32. The Bertz CT molecular complexity index is 508. The van der Waals surface area contributed by atoms with Gasteiger partial charge in [0, 0.05) is 24.7 Å². The summed E-state index contributed by atoms with van der Waals surface area (Å²) in [5.74, 6) is -0.0313. The monoisotopic (exact) mass is 290 g/mol. The molecule has 114 valence electrons. The molecule has 0 bridgehead atoms. The van der Waals surface area contributed by atoms with Crippen LogP contribution >= 0.6 is 0 Å². The number of hydrogen-bond donors (Lipinski definition) is 0. The molecule has 5 nitrogen and oxygen atoms in total. The van der Waals surface area contributed by atoms with Crippen molar-refractivity contribution in [3.05, 3.63) is 39.9 Å². The molecule has 0 unspecified atom stereocenters. The van der Waals surface area contributed by atoms with E-state index in [-0.39, 0.29) is 24.1 Å². The molecule has 0 radical (unpaired) electrons. The molecule has 1 aromatic rings. The number of hydrogen-bond acceptors (Lipinski definition) is 3. The van der Waals surface area contributed by atoms with Gasteiger partial charge in [0.05, 0.1) is 11.3 Å². The third-order valence-corrected chi connectivity index (χ3v) is 4.30. The molecule has 5 heteroatoms. The Morgan fingerprint density at radius 2 is 1.86 bits per heavy atom. The van der Waals surface area contributed by atoms with Crippen LogP contribution in [0.3, 0.4) is 0 Å². The molecule has 0 N–H and O–H groups in total. The smallest absolute Gasteiger partial charge is 0.273 e. The average Bonchev–Trinajstić information content (AvgIpc) is 2.75. The van der Waals surface area contributed by atoms with E-state index < -0.39 is 4.92 Å². The Morgan fingerprint density at radius 1 is 1.24 bits per heavy atom. The van der Waals surface area contributed by atoms with Crippen LogP contribution in [0, 0.1) is 10.1 Å². The zero-order valence-corrected chi connectivity index (χ0v) is 12.5. The number of amides is 1. The minimum atomic E-state index is -0.422. The highest BCUT2D eigenvalue weighted by molar-refractivity contribution is 5.80. The lowest BCUT2D eigenvalue weighted by atomic mass is 10.1. The average molecular weight is 290 g/mol. The van der Waals surface area contributed by atoms with Crippen LogP contribution in [0.2, 0.25) is 0 Å². The highest BCUT2D eigenvalue weighted by Gasteiger charge is 2.23. The first-order chi connectivity index (χ1) is 10.1.